The van der Waals surface area contributed by atoms with E-state index >= 15 is 0 Å². The molecule has 4 amide bonds. The van der Waals surface area contributed by atoms with Gasteiger partial charge in [-0.25, -0.2) is 23.0 Å². The zero-order valence-electron chi connectivity index (χ0n) is 28.8. The molecule has 2 aromatic carbocycles. The number of aliphatic hydroxyl groups is 1. The maximum Gasteiger partial charge on any atom is 0.409 e. The number of phenols is 1. The Labute approximate surface area is 296 Å². The van der Waals surface area contributed by atoms with Crippen LogP contribution in [0.4, 0.5) is 15.3 Å². The fourth-order valence-electron chi connectivity index (χ4n) is 5.96. The maximum absolute atomic E-state index is 14.1. The number of hydrogen-bond donors (Lipinski definition) is 5. The third kappa shape index (κ3) is 9.71. The molecule has 16 heteroatoms. The molecular formula is C34H46N6O8S2. The summed E-state index contributed by atoms with van der Waals surface area (Å²) in [7, 11) is -4.33. The third-order valence-corrected chi connectivity index (χ3v) is 10.9. The number of phenolic OH excluding ortho intramolecular Hbond substituents is 1. The van der Waals surface area contributed by atoms with Crippen molar-refractivity contribution in [3.05, 3.63) is 70.2 Å². The van der Waals surface area contributed by atoms with Gasteiger partial charge in [-0.05, 0) is 48.9 Å². The highest BCUT2D eigenvalue weighted by molar-refractivity contribution is 7.89. The van der Waals surface area contributed by atoms with Gasteiger partial charge in [-0.1, -0.05) is 58.0 Å². The van der Waals surface area contributed by atoms with Gasteiger partial charge in [0.15, 0.2) is 0 Å². The van der Waals surface area contributed by atoms with Crippen LogP contribution in [0.2, 0.25) is 0 Å². The van der Waals surface area contributed by atoms with E-state index in [1.165, 1.54) is 16.2 Å². The van der Waals surface area contributed by atoms with Gasteiger partial charge in [-0.2, -0.15) is 4.31 Å². The van der Waals surface area contributed by atoms with E-state index in [-0.39, 0.29) is 41.4 Å². The normalized spacial score (nSPS) is 15.5. The molecule has 5 N–H and O–H groups in total. The van der Waals surface area contributed by atoms with Crippen molar-refractivity contribution in [1.82, 2.24) is 24.4 Å². The Morgan fingerprint density at radius 3 is 2.36 bits per heavy atom. The molecule has 3 aromatic rings. The molecule has 0 unspecified atom stereocenters. The second-order valence-corrected chi connectivity index (χ2v) is 16.1. The molecule has 0 saturated carbocycles. The van der Waals surface area contributed by atoms with Gasteiger partial charge in [0.2, 0.25) is 15.9 Å². The molecule has 1 fully saturated rings. The Balaban J connectivity index is 1.59. The summed E-state index contributed by atoms with van der Waals surface area (Å²) in [5.74, 6) is -1.38. The molecule has 3 atom stereocenters. The number of hydrogen-bond acceptors (Lipinski definition) is 9. The van der Waals surface area contributed by atoms with Crippen molar-refractivity contribution in [2.24, 2.45) is 11.8 Å². The number of sulfonamides is 1. The van der Waals surface area contributed by atoms with Crippen molar-refractivity contribution in [3.8, 4) is 5.75 Å². The summed E-state index contributed by atoms with van der Waals surface area (Å²) in [4.78, 5) is 46.2. The summed E-state index contributed by atoms with van der Waals surface area (Å²) in [5, 5.41) is 38.7. The number of thiazole rings is 1. The largest absolute Gasteiger partial charge is 0.506 e. The van der Waals surface area contributed by atoms with E-state index in [1.54, 1.807) is 4.90 Å². The number of anilines is 1. The Morgan fingerprint density at radius 1 is 1.06 bits per heavy atom. The van der Waals surface area contributed by atoms with Crippen LogP contribution in [0.1, 0.15) is 44.0 Å². The van der Waals surface area contributed by atoms with E-state index in [0.717, 1.165) is 38.8 Å². The summed E-state index contributed by atoms with van der Waals surface area (Å²) in [6, 6.07) is 10.3. The van der Waals surface area contributed by atoms with Crippen LogP contribution in [0.3, 0.4) is 0 Å². The average Bonchev–Trinajstić information content (AvgIpc) is 3.61. The van der Waals surface area contributed by atoms with Crippen LogP contribution in [-0.2, 0) is 27.8 Å². The van der Waals surface area contributed by atoms with E-state index in [4.69, 9.17) is 5.11 Å². The summed E-state index contributed by atoms with van der Waals surface area (Å²) >= 11 is 1.50. The average molecular weight is 731 g/mol. The van der Waals surface area contributed by atoms with Crippen LogP contribution in [0.15, 0.2) is 58.8 Å². The highest BCUT2D eigenvalue weighted by Crippen LogP contribution is 2.29. The number of benzene rings is 2. The molecule has 0 aliphatic carbocycles. The first kappa shape index (κ1) is 38.6. The van der Waals surface area contributed by atoms with Crippen LogP contribution < -0.4 is 10.6 Å². The third-order valence-electron chi connectivity index (χ3n) is 8.28. The number of urea groups is 1. The van der Waals surface area contributed by atoms with Gasteiger partial charge in [0.25, 0.3) is 0 Å². The minimum absolute atomic E-state index is 0.000783. The van der Waals surface area contributed by atoms with E-state index in [0.29, 0.717) is 19.6 Å². The number of rotatable bonds is 16. The minimum atomic E-state index is -4.33. The highest BCUT2D eigenvalue weighted by atomic mass is 32.2. The predicted molar refractivity (Wildman–Crippen MR) is 189 cm³/mol. The number of nitrogens with zero attached hydrogens (tertiary/aromatic N) is 4. The molecule has 50 heavy (non-hydrogen) atoms. The van der Waals surface area contributed by atoms with E-state index in [9.17, 15) is 33.0 Å². The number of amides is 4. The molecule has 4 rings (SSSR count). The van der Waals surface area contributed by atoms with Crippen molar-refractivity contribution in [2.45, 2.75) is 70.7 Å². The molecule has 1 saturated heterocycles. The summed E-state index contributed by atoms with van der Waals surface area (Å²) in [6.07, 6.45) is -2.71. The van der Waals surface area contributed by atoms with Crippen molar-refractivity contribution in [1.29, 1.82) is 0 Å². The Bertz CT molecular complexity index is 1750. The minimum Gasteiger partial charge on any atom is -0.506 e. The van der Waals surface area contributed by atoms with Gasteiger partial charge in [0, 0.05) is 31.6 Å². The van der Waals surface area contributed by atoms with Crippen LogP contribution in [0.25, 0.3) is 0 Å². The fourth-order valence-corrected chi connectivity index (χ4v) is 8.21. The fraction of sp³-hybridized carbons (Fsp3) is 0.471. The predicted octanol–water partition coefficient (Wildman–Crippen LogP) is 3.94. The van der Waals surface area contributed by atoms with Crippen LogP contribution in [-0.4, -0.2) is 105 Å². The van der Waals surface area contributed by atoms with Gasteiger partial charge in [0.1, 0.15) is 11.8 Å². The van der Waals surface area contributed by atoms with Crippen molar-refractivity contribution in [3.63, 3.8) is 0 Å². The second kappa shape index (κ2) is 16.6. The first-order valence-corrected chi connectivity index (χ1v) is 18.7. The maximum atomic E-state index is 14.1. The molecule has 1 aromatic heterocycles. The van der Waals surface area contributed by atoms with Crippen molar-refractivity contribution < 1.29 is 38.1 Å². The van der Waals surface area contributed by atoms with Crippen molar-refractivity contribution in [2.75, 3.05) is 31.5 Å². The van der Waals surface area contributed by atoms with E-state index < -0.39 is 52.5 Å². The molecule has 1 aliphatic heterocycles. The number of carbonyl (C=O) groups excluding carboxylic acids is 2. The van der Waals surface area contributed by atoms with Gasteiger partial charge in [-0.15, -0.1) is 11.3 Å². The number of aromatic nitrogens is 1. The lowest BCUT2D eigenvalue weighted by molar-refractivity contribution is -0.128. The van der Waals surface area contributed by atoms with Crippen LogP contribution in [0.5, 0.6) is 5.75 Å². The van der Waals surface area contributed by atoms with Crippen LogP contribution in [0, 0.1) is 18.8 Å². The van der Waals surface area contributed by atoms with Gasteiger partial charge >= 0.3 is 12.1 Å². The van der Waals surface area contributed by atoms with Crippen molar-refractivity contribution >= 4 is 45.1 Å². The molecule has 0 radical (unpaired) electrons. The Hall–Kier alpha value is -4.25. The first-order chi connectivity index (χ1) is 23.6. The summed E-state index contributed by atoms with van der Waals surface area (Å²) < 4.78 is 29.0. The summed E-state index contributed by atoms with van der Waals surface area (Å²) in [5.41, 5.74) is 1.26. The topological polar surface area (TPSA) is 193 Å². The molecule has 1 aliphatic rings. The molecule has 272 valence electrons. The molecular weight excluding hydrogens is 685 g/mol. The smallest absolute Gasteiger partial charge is 0.409 e. The van der Waals surface area contributed by atoms with Gasteiger partial charge < -0.3 is 30.4 Å². The molecule has 0 spiro atoms. The second-order valence-electron chi connectivity index (χ2n) is 13.1. The Morgan fingerprint density at radius 2 is 1.76 bits per heavy atom. The number of carbonyl (C=O) groups is 3. The first-order valence-electron chi connectivity index (χ1n) is 16.4. The molecule has 14 nitrogen and oxygen atoms in total. The van der Waals surface area contributed by atoms with E-state index in [1.807, 2.05) is 75.6 Å². The zero-order valence-corrected chi connectivity index (χ0v) is 30.4. The zero-order chi connectivity index (χ0) is 36.7. The molecule has 2 heterocycles. The number of aryl methyl sites for hydroxylation is 1. The number of nitrogens with one attached hydrogen (secondary N) is 2. The lowest BCUT2D eigenvalue weighted by atomic mass is 9.97. The SMILES string of the molecule is Cc1nc(CN2CCN([C@H](C(=O)N[C@@H](Cc3ccccc3)[C@H](O)CN(CC(C)C)S(=O)(=O)c3ccc(O)c(NC(=O)O)c3)C(C)C)C2=O)cs1. The standard InChI is InChI=1S/C34H46N6O8S2/c1-21(2)17-39(50(47,48)26-11-12-29(41)28(16-26)37-33(44)45)19-30(42)27(15-24-9-7-6-8-10-24)36-32(43)31(22(3)4)40-14-13-38(34(40)46)18-25-20-49-23(5)35-25/h6-12,16,20-22,27,30-31,37,41-42H,13-15,17-19H2,1-5H3,(H,36,43)(H,44,45)/t27-,30+,31-/m0/s1. The van der Waals surface area contributed by atoms with Gasteiger partial charge in [0.05, 0.1) is 40.0 Å². The lowest BCUT2D eigenvalue weighted by Crippen LogP contribution is -2.57. The number of aliphatic hydroxyl groups excluding tert-OH is 1. The molecule has 0 bridgehead atoms. The van der Waals surface area contributed by atoms with Gasteiger partial charge in [-0.3, -0.25) is 10.1 Å². The lowest BCUT2D eigenvalue weighted by Gasteiger charge is -2.34. The summed E-state index contributed by atoms with van der Waals surface area (Å²) in [6.45, 7) is 9.87. The van der Waals surface area contributed by atoms with E-state index in [2.05, 4.69) is 10.3 Å². The Kier molecular flexibility index (Phi) is 12.8. The quantitative estimate of drug-likeness (QED) is 0.136. The van der Waals surface area contributed by atoms with Crippen LogP contribution >= 0.6 is 11.3 Å². The number of aromatic hydroxyl groups is 1. The number of carboxylic acid groups (broad SMARTS) is 1. The highest BCUT2D eigenvalue weighted by Gasteiger charge is 2.40. The monoisotopic (exact) mass is 730 g/mol.